The Kier molecular flexibility index (Phi) is 6.33. The van der Waals surface area contributed by atoms with Gasteiger partial charge in [-0.15, -0.1) is 10.2 Å². The Bertz CT molecular complexity index is 1040. The Hall–Kier alpha value is -3.85. The van der Waals surface area contributed by atoms with E-state index >= 15 is 0 Å². The van der Waals surface area contributed by atoms with Crippen LogP contribution < -0.4 is 21.3 Å². The van der Waals surface area contributed by atoms with Crippen LogP contribution in [0.1, 0.15) is 30.7 Å². The van der Waals surface area contributed by atoms with Gasteiger partial charge in [0.2, 0.25) is 0 Å². The molecule has 3 heterocycles. The second-order valence-electron chi connectivity index (χ2n) is 5.62. The van der Waals surface area contributed by atoms with Crippen molar-refractivity contribution in [1.29, 1.82) is 0 Å². The lowest BCUT2D eigenvalue weighted by molar-refractivity contribution is 0.0960. The molecule has 30 heavy (non-hydrogen) atoms. The summed E-state index contributed by atoms with van der Waals surface area (Å²) in [7, 11) is 0. The number of anilines is 2. The molecule has 6 amide bonds. The van der Waals surface area contributed by atoms with Gasteiger partial charge in [-0.25, -0.2) is 14.6 Å². The van der Waals surface area contributed by atoms with Crippen molar-refractivity contribution in [2.75, 3.05) is 10.6 Å². The summed E-state index contributed by atoms with van der Waals surface area (Å²) in [6.07, 6.45) is 1.32. The normalized spacial score (nSPS) is 10.2. The monoisotopic (exact) mass is 447 g/mol. The molecule has 0 fully saturated rings. The lowest BCUT2D eigenvalue weighted by atomic mass is 10.3. The molecule has 0 atom stereocenters. The Morgan fingerprint density at radius 3 is 1.87 bits per heavy atom. The highest BCUT2D eigenvalue weighted by atomic mass is 32.1. The zero-order chi connectivity index (χ0) is 21.7. The first kappa shape index (κ1) is 20.9. The van der Waals surface area contributed by atoms with Crippen LogP contribution in [0.25, 0.3) is 0 Å². The molecular formula is C15H13N9O4S2. The first-order chi connectivity index (χ1) is 14.3. The van der Waals surface area contributed by atoms with Gasteiger partial charge in [-0.1, -0.05) is 8.98 Å². The van der Waals surface area contributed by atoms with E-state index in [1.807, 2.05) is 0 Å². The minimum absolute atomic E-state index is 0.0612. The minimum atomic E-state index is -0.828. The first-order valence-electron chi connectivity index (χ1n) is 8.12. The Balaban J connectivity index is 1.56. The first-order valence-corrected chi connectivity index (χ1v) is 9.67. The number of imide groups is 2. The zero-order valence-electron chi connectivity index (χ0n) is 15.4. The van der Waals surface area contributed by atoms with Crippen LogP contribution in [0.2, 0.25) is 0 Å². The van der Waals surface area contributed by atoms with Crippen molar-refractivity contribution in [2.45, 2.75) is 13.8 Å². The smallest absolute Gasteiger partial charge is 0.307 e. The summed E-state index contributed by atoms with van der Waals surface area (Å²) in [6.45, 7) is 3.19. The van der Waals surface area contributed by atoms with E-state index in [-0.39, 0.29) is 21.3 Å². The summed E-state index contributed by atoms with van der Waals surface area (Å²) in [5, 5.41) is 16.5. The third kappa shape index (κ3) is 5.15. The molecule has 15 heteroatoms. The number of aryl methyl sites for hydroxylation is 2. The Morgan fingerprint density at radius 1 is 0.833 bits per heavy atom. The van der Waals surface area contributed by atoms with Crippen LogP contribution in [0.3, 0.4) is 0 Å². The summed E-state index contributed by atoms with van der Waals surface area (Å²) in [4.78, 5) is 52.4. The summed E-state index contributed by atoms with van der Waals surface area (Å²) in [6, 6.07) is 1.17. The minimum Gasteiger partial charge on any atom is -0.307 e. The molecule has 0 aliphatic heterocycles. The molecule has 0 spiro atoms. The van der Waals surface area contributed by atoms with Gasteiger partial charge in [-0.3, -0.25) is 25.5 Å². The molecule has 0 aliphatic carbocycles. The van der Waals surface area contributed by atoms with Gasteiger partial charge in [0.05, 0.1) is 11.4 Å². The van der Waals surface area contributed by atoms with E-state index in [1.165, 1.54) is 18.3 Å². The van der Waals surface area contributed by atoms with Crippen LogP contribution in [-0.4, -0.2) is 48.0 Å². The van der Waals surface area contributed by atoms with E-state index < -0.39 is 23.9 Å². The second-order valence-corrected chi connectivity index (χ2v) is 7.13. The van der Waals surface area contributed by atoms with Crippen molar-refractivity contribution in [2.24, 2.45) is 0 Å². The van der Waals surface area contributed by atoms with Crippen LogP contribution in [0.15, 0.2) is 18.3 Å². The number of hydrogen-bond acceptors (Lipinski definition) is 11. The summed E-state index contributed by atoms with van der Waals surface area (Å²) in [5.74, 6) is -1.23. The van der Waals surface area contributed by atoms with E-state index in [4.69, 9.17) is 0 Å². The molecule has 154 valence electrons. The molecule has 0 saturated carbocycles. The molecule has 3 rings (SSSR count). The molecule has 3 aromatic heterocycles. The van der Waals surface area contributed by atoms with Crippen molar-refractivity contribution in [3.8, 4) is 0 Å². The lowest BCUT2D eigenvalue weighted by Gasteiger charge is -2.09. The Morgan fingerprint density at radius 2 is 1.37 bits per heavy atom. The van der Waals surface area contributed by atoms with Crippen molar-refractivity contribution < 1.29 is 19.2 Å². The Labute approximate surface area is 176 Å². The number of carbonyl (C=O) groups is 4. The zero-order valence-corrected chi connectivity index (χ0v) is 17.1. The van der Waals surface area contributed by atoms with Crippen LogP contribution >= 0.6 is 23.1 Å². The van der Waals surface area contributed by atoms with Gasteiger partial charge in [0.25, 0.3) is 11.8 Å². The number of pyridine rings is 1. The molecule has 13 nitrogen and oxygen atoms in total. The number of nitrogens with zero attached hydrogens (tertiary/aromatic N) is 5. The largest absolute Gasteiger partial charge is 0.327 e. The number of amides is 6. The fourth-order valence-corrected chi connectivity index (χ4v) is 3.19. The van der Waals surface area contributed by atoms with Gasteiger partial charge in [0, 0.05) is 18.0 Å². The molecule has 0 aromatic carbocycles. The van der Waals surface area contributed by atoms with Crippen LogP contribution in [-0.2, 0) is 0 Å². The van der Waals surface area contributed by atoms with Crippen LogP contribution in [0.5, 0.6) is 0 Å². The number of urea groups is 2. The quantitative estimate of drug-likeness (QED) is 0.458. The van der Waals surface area contributed by atoms with Gasteiger partial charge in [-0.2, -0.15) is 0 Å². The standard InChI is InChI=1S/C15H13N9O4S2/c1-6-10(29-23-21-6)12(25)19-14(27)17-8-3-4-16-9(5-8)18-15(28)20-13(26)11-7(2)22-24-30-11/h3-5H,1-2H3,(H4,16,17,18,19,20,25,26,27,28). The maximum Gasteiger partial charge on any atom is 0.327 e. The number of nitrogens with one attached hydrogen (secondary N) is 4. The van der Waals surface area contributed by atoms with E-state index in [9.17, 15) is 19.2 Å². The van der Waals surface area contributed by atoms with Crippen molar-refractivity contribution >= 4 is 58.4 Å². The summed E-state index contributed by atoms with van der Waals surface area (Å²) in [5.41, 5.74) is 1.06. The number of hydrogen-bond donors (Lipinski definition) is 4. The number of carbonyl (C=O) groups excluding carboxylic acids is 4. The highest BCUT2D eigenvalue weighted by Gasteiger charge is 2.18. The molecule has 0 radical (unpaired) electrons. The van der Waals surface area contributed by atoms with Gasteiger partial charge in [0.15, 0.2) is 0 Å². The van der Waals surface area contributed by atoms with E-state index in [2.05, 4.69) is 45.4 Å². The van der Waals surface area contributed by atoms with Crippen molar-refractivity contribution in [3.05, 3.63) is 39.5 Å². The molecule has 0 aliphatic rings. The van der Waals surface area contributed by atoms with Crippen LogP contribution in [0.4, 0.5) is 21.1 Å². The number of aromatic nitrogens is 5. The second kappa shape index (κ2) is 9.10. The molecule has 4 N–H and O–H groups in total. The maximum absolute atomic E-state index is 12.0. The SMILES string of the molecule is Cc1nnsc1C(=O)NC(=O)Nc1ccnc(NC(=O)NC(=O)c2snnc2C)c1. The molecule has 0 saturated heterocycles. The number of rotatable bonds is 4. The average Bonchev–Trinajstić information content (AvgIpc) is 3.29. The van der Waals surface area contributed by atoms with Gasteiger partial charge in [-0.05, 0) is 43.0 Å². The molecule has 0 bridgehead atoms. The highest BCUT2D eigenvalue weighted by Crippen LogP contribution is 2.13. The highest BCUT2D eigenvalue weighted by molar-refractivity contribution is 7.08. The molecular weight excluding hydrogens is 434 g/mol. The molecule has 0 unspecified atom stereocenters. The van der Waals surface area contributed by atoms with Crippen LogP contribution in [0, 0.1) is 13.8 Å². The third-order valence-corrected chi connectivity index (χ3v) is 5.08. The van der Waals surface area contributed by atoms with E-state index in [1.54, 1.807) is 13.8 Å². The fourth-order valence-electron chi connectivity index (χ4n) is 2.09. The van der Waals surface area contributed by atoms with Crippen molar-refractivity contribution in [1.82, 2.24) is 34.8 Å². The average molecular weight is 447 g/mol. The predicted octanol–water partition coefficient (Wildman–Crippen LogP) is 1.33. The third-order valence-electron chi connectivity index (χ3n) is 3.43. The predicted molar refractivity (Wildman–Crippen MR) is 106 cm³/mol. The summed E-state index contributed by atoms with van der Waals surface area (Å²) < 4.78 is 7.25. The van der Waals surface area contributed by atoms with Gasteiger partial charge < -0.3 is 5.32 Å². The molecule has 3 aromatic rings. The van der Waals surface area contributed by atoms with Gasteiger partial charge >= 0.3 is 12.1 Å². The maximum atomic E-state index is 12.0. The topological polar surface area (TPSA) is 181 Å². The van der Waals surface area contributed by atoms with E-state index in [0.29, 0.717) is 11.4 Å². The van der Waals surface area contributed by atoms with Crippen molar-refractivity contribution in [3.63, 3.8) is 0 Å². The lowest BCUT2D eigenvalue weighted by Crippen LogP contribution is -2.35. The van der Waals surface area contributed by atoms with E-state index in [0.717, 1.165) is 23.1 Å². The van der Waals surface area contributed by atoms with Gasteiger partial charge in [0.1, 0.15) is 15.6 Å². The fraction of sp³-hybridized carbons (Fsp3) is 0.133. The summed E-state index contributed by atoms with van der Waals surface area (Å²) >= 11 is 1.73.